The number of aryl methyl sites for hydroxylation is 1. The molecule has 1 heterocycles. The van der Waals surface area contributed by atoms with Crippen LogP contribution in [0.15, 0.2) is 42.5 Å². The van der Waals surface area contributed by atoms with E-state index < -0.39 is 0 Å². The summed E-state index contributed by atoms with van der Waals surface area (Å²) in [6, 6.07) is 13.1. The van der Waals surface area contributed by atoms with Crippen LogP contribution in [0.2, 0.25) is 0 Å². The van der Waals surface area contributed by atoms with Crippen molar-refractivity contribution in [2.75, 3.05) is 13.7 Å². The van der Waals surface area contributed by atoms with Gasteiger partial charge in [0.25, 0.3) is 5.91 Å². The van der Waals surface area contributed by atoms with E-state index in [1.165, 1.54) is 0 Å². The van der Waals surface area contributed by atoms with Crippen molar-refractivity contribution in [3.05, 3.63) is 59.4 Å². The van der Waals surface area contributed by atoms with Gasteiger partial charge < -0.3 is 15.2 Å². The van der Waals surface area contributed by atoms with Gasteiger partial charge in [-0.3, -0.25) is 4.79 Å². The summed E-state index contributed by atoms with van der Waals surface area (Å²) in [5.41, 5.74) is 4.08. The van der Waals surface area contributed by atoms with Crippen LogP contribution in [0.3, 0.4) is 0 Å². The van der Waals surface area contributed by atoms with Gasteiger partial charge in [-0.05, 0) is 53.6 Å². The van der Waals surface area contributed by atoms with E-state index in [2.05, 4.69) is 20.8 Å². The molecule has 0 aliphatic heterocycles. The van der Waals surface area contributed by atoms with Gasteiger partial charge in [0.1, 0.15) is 6.61 Å². The van der Waals surface area contributed by atoms with E-state index in [-0.39, 0.29) is 25.2 Å². The molecule has 0 bridgehead atoms. The number of hydrogen-bond acceptors (Lipinski definition) is 6. The number of nitrogens with zero attached hydrogens (tertiary/aromatic N) is 4. The number of aliphatic hydroxyl groups excluding tert-OH is 1. The third kappa shape index (κ3) is 4.41. The summed E-state index contributed by atoms with van der Waals surface area (Å²) in [5, 5.41) is 23.7. The summed E-state index contributed by atoms with van der Waals surface area (Å²) >= 11 is 0. The van der Waals surface area contributed by atoms with Crippen molar-refractivity contribution in [3.8, 4) is 16.8 Å². The Balaban J connectivity index is 2.09. The van der Waals surface area contributed by atoms with Crippen molar-refractivity contribution in [3.63, 3.8) is 0 Å². The second-order valence-electron chi connectivity index (χ2n) is 6.63. The third-order valence-electron chi connectivity index (χ3n) is 4.27. The quantitative estimate of drug-likeness (QED) is 0.648. The van der Waals surface area contributed by atoms with Crippen LogP contribution in [0, 0.1) is 6.92 Å². The molecule has 3 aromatic rings. The molecule has 0 radical (unpaired) electrons. The lowest BCUT2D eigenvalue weighted by Gasteiger charge is -2.14. The first-order valence-electron chi connectivity index (χ1n) is 8.92. The minimum atomic E-state index is -0.351. The van der Waals surface area contributed by atoms with E-state index in [4.69, 9.17) is 4.74 Å². The van der Waals surface area contributed by atoms with Crippen LogP contribution in [-0.2, 0) is 11.3 Å². The average molecular weight is 381 g/mol. The fraction of sp³-hybridized carbons (Fsp3) is 0.300. The number of ether oxygens (including phenoxy) is 1. The molecule has 1 unspecified atom stereocenters. The van der Waals surface area contributed by atoms with Crippen LogP contribution in [0.25, 0.3) is 16.8 Å². The van der Waals surface area contributed by atoms with Crippen molar-refractivity contribution in [2.45, 2.75) is 26.5 Å². The Bertz CT molecular complexity index is 953. The SMILES string of the molecule is COCc1nnnn1-c1cc(C(=O)NC(C)CO)cc(-c2ccc(C)cc2)c1. The van der Waals surface area contributed by atoms with E-state index in [1.807, 2.05) is 43.3 Å². The first kappa shape index (κ1) is 19.7. The van der Waals surface area contributed by atoms with Crippen molar-refractivity contribution in [1.82, 2.24) is 25.5 Å². The molecule has 146 valence electrons. The molecule has 0 aliphatic rings. The van der Waals surface area contributed by atoms with Crippen molar-refractivity contribution in [1.29, 1.82) is 0 Å². The Morgan fingerprint density at radius 3 is 2.64 bits per heavy atom. The summed E-state index contributed by atoms with van der Waals surface area (Å²) in [5.74, 6) is 0.247. The average Bonchev–Trinajstić information content (AvgIpc) is 3.16. The molecule has 1 atom stereocenters. The first-order valence-corrected chi connectivity index (χ1v) is 8.92. The van der Waals surface area contributed by atoms with E-state index in [0.29, 0.717) is 17.1 Å². The lowest BCUT2D eigenvalue weighted by Crippen LogP contribution is -2.35. The zero-order valence-electron chi connectivity index (χ0n) is 16.1. The van der Waals surface area contributed by atoms with Gasteiger partial charge in [-0.2, -0.15) is 4.68 Å². The fourth-order valence-corrected chi connectivity index (χ4v) is 2.76. The molecule has 1 aromatic heterocycles. The van der Waals surface area contributed by atoms with Crippen molar-refractivity contribution in [2.24, 2.45) is 0 Å². The molecule has 0 saturated carbocycles. The van der Waals surface area contributed by atoms with Crippen LogP contribution in [0.4, 0.5) is 0 Å². The van der Waals surface area contributed by atoms with Crippen molar-refractivity contribution < 1.29 is 14.6 Å². The van der Waals surface area contributed by atoms with E-state index >= 15 is 0 Å². The Morgan fingerprint density at radius 1 is 1.21 bits per heavy atom. The van der Waals surface area contributed by atoms with Gasteiger partial charge in [-0.25, -0.2) is 0 Å². The maximum absolute atomic E-state index is 12.7. The molecule has 2 aromatic carbocycles. The smallest absolute Gasteiger partial charge is 0.251 e. The maximum Gasteiger partial charge on any atom is 0.251 e. The lowest BCUT2D eigenvalue weighted by molar-refractivity contribution is 0.0922. The molecule has 2 N–H and O–H groups in total. The zero-order valence-corrected chi connectivity index (χ0v) is 16.1. The summed E-state index contributed by atoms with van der Waals surface area (Å²) in [6.07, 6.45) is 0. The van der Waals surface area contributed by atoms with Gasteiger partial charge in [0.2, 0.25) is 0 Å². The monoisotopic (exact) mass is 381 g/mol. The number of benzene rings is 2. The van der Waals surface area contributed by atoms with E-state index in [0.717, 1.165) is 16.7 Å². The molecule has 0 saturated heterocycles. The Morgan fingerprint density at radius 2 is 1.96 bits per heavy atom. The summed E-state index contributed by atoms with van der Waals surface area (Å²) in [6.45, 7) is 3.86. The van der Waals surface area contributed by atoms with Gasteiger partial charge in [0.05, 0.1) is 12.3 Å². The van der Waals surface area contributed by atoms with Crippen LogP contribution >= 0.6 is 0 Å². The highest BCUT2D eigenvalue weighted by Crippen LogP contribution is 2.25. The summed E-state index contributed by atoms with van der Waals surface area (Å²) < 4.78 is 6.70. The highest BCUT2D eigenvalue weighted by molar-refractivity contribution is 5.96. The third-order valence-corrected chi connectivity index (χ3v) is 4.27. The van der Waals surface area contributed by atoms with Crippen LogP contribution in [0.1, 0.15) is 28.7 Å². The molecule has 3 rings (SSSR count). The first-order chi connectivity index (χ1) is 13.5. The maximum atomic E-state index is 12.7. The summed E-state index contributed by atoms with van der Waals surface area (Å²) in [7, 11) is 1.57. The van der Waals surface area contributed by atoms with Gasteiger partial charge in [-0.1, -0.05) is 29.8 Å². The van der Waals surface area contributed by atoms with E-state index in [9.17, 15) is 9.90 Å². The molecular formula is C20H23N5O3. The Hall–Kier alpha value is -3.10. The molecule has 0 spiro atoms. The highest BCUT2D eigenvalue weighted by Gasteiger charge is 2.15. The number of aliphatic hydroxyl groups is 1. The number of carbonyl (C=O) groups is 1. The molecule has 0 aliphatic carbocycles. The zero-order chi connectivity index (χ0) is 20.1. The predicted octanol–water partition coefficient (Wildman–Crippen LogP) is 1.89. The number of nitrogens with one attached hydrogen (secondary N) is 1. The molecule has 0 fully saturated rings. The van der Waals surface area contributed by atoms with Gasteiger partial charge in [-0.15, -0.1) is 5.10 Å². The topological polar surface area (TPSA) is 102 Å². The molecule has 8 nitrogen and oxygen atoms in total. The number of rotatable bonds is 7. The van der Waals surface area contributed by atoms with Crippen LogP contribution < -0.4 is 5.32 Å². The van der Waals surface area contributed by atoms with Crippen LogP contribution in [0.5, 0.6) is 0 Å². The number of amides is 1. The largest absolute Gasteiger partial charge is 0.394 e. The standard InChI is InChI=1S/C20H23N5O3/c1-13-4-6-15(7-5-13)16-8-17(20(27)21-14(2)11-26)10-18(9-16)25-19(12-28-3)22-23-24-25/h4-10,14,26H,11-12H2,1-3H3,(H,21,27). The minimum Gasteiger partial charge on any atom is -0.394 e. The van der Waals surface area contributed by atoms with Crippen LogP contribution in [-0.4, -0.2) is 51.0 Å². The Kier molecular flexibility index (Phi) is 6.13. The van der Waals surface area contributed by atoms with E-state index in [1.54, 1.807) is 24.8 Å². The predicted molar refractivity (Wildman–Crippen MR) is 104 cm³/mol. The lowest BCUT2D eigenvalue weighted by atomic mass is 10.0. The fourth-order valence-electron chi connectivity index (χ4n) is 2.76. The van der Waals surface area contributed by atoms with Gasteiger partial charge >= 0.3 is 0 Å². The second-order valence-corrected chi connectivity index (χ2v) is 6.63. The van der Waals surface area contributed by atoms with Gasteiger partial charge in [0, 0.05) is 18.7 Å². The second kappa shape index (κ2) is 8.73. The number of methoxy groups -OCH3 is 1. The molecule has 1 amide bonds. The molecule has 28 heavy (non-hydrogen) atoms. The number of hydrogen-bond donors (Lipinski definition) is 2. The van der Waals surface area contributed by atoms with Gasteiger partial charge in [0.15, 0.2) is 5.82 Å². The molecule has 8 heteroatoms. The number of carbonyl (C=O) groups excluding carboxylic acids is 1. The van der Waals surface area contributed by atoms with Crippen molar-refractivity contribution >= 4 is 5.91 Å². The normalized spacial score (nSPS) is 12.0. The molecular weight excluding hydrogens is 358 g/mol. The number of aromatic nitrogens is 4. The highest BCUT2D eigenvalue weighted by atomic mass is 16.5. The summed E-state index contributed by atoms with van der Waals surface area (Å²) in [4.78, 5) is 12.7. The Labute approximate surface area is 163 Å². The minimum absolute atomic E-state index is 0.138. The number of tetrazole rings is 1.